The van der Waals surface area contributed by atoms with Crippen LogP contribution in [0.4, 0.5) is 14.5 Å². The zero-order valence-electron chi connectivity index (χ0n) is 15.0. The first-order valence-corrected chi connectivity index (χ1v) is 7.87. The van der Waals surface area contributed by atoms with Crippen molar-refractivity contribution < 1.29 is 37.3 Å². The lowest BCUT2D eigenvalue weighted by atomic mass is 10.1. The molecule has 0 aliphatic rings. The molecule has 0 spiro atoms. The Morgan fingerprint density at radius 3 is 2.11 bits per heavy atom. The molecule has 0 saturated heterocycles. The number of ether oxygens (including phenoxy) is 4. The first-order valence-electron chi connectivity index (χ1n) is 7.87. The van der Waals surface area contributed by atoms with Crippen molar-refractivity contribution in [2.75, 3.05) is 26.1 Å². The van der Waals surface area contributed by atoms with Crippen LogP contribution in [-0.2, 0) is 4.79 Å². The highest BCUT2D eigenvalue weighted by Crippen LogP contribution is 2.38. The Kier molecular flexibility index (Phi) is 6.96. The van der Waals surface area contributed by atoms with E-state index in [-0.39, 0.29) is 28.6 Å². The highest BCUT2D eigenvalue weighted by atomic mass is 19.3. The summed E-state index contributed by atoms with van der Waals surface area (Å²) in [6, 6.07) is 8.20. The normalized spacial score (nSPS) is 10.3. The number of hydrogen-bond acceptors (Lipinski definition) is 6. The van der Waals surface area contributed by atoms with E-state index >= 15 is 0 Å². The summed E-state index contributed by atoms with van der Waals surface area (Å²) in [4.78, 5) is 23.4. The Hall–Kier alpha value is -3.56. The third-order valence-electron chi connectivity index (χ3n) is 3.42. The molecular weight excluding hydrogens is 378 g/mol. The van der Waals surface area contributed by atoms with Crippen LogP contribution >= 0.6 is 0 Å². The van der Waals surface area contributed by atoms with Gasteiger partial charge in [-0.05, 0) is 36.4 Å². The average molecular weight is 396 g/mol. The van der Waals surface area contributed by atoms with Crippen LogP contribution in [0, 0.1) is 0 Å². The van der Waals surface area contributed by atoms with Crippen LogP contribution in [-0.4, -0.2) is 39.3 Å². The van der Waals surface area contributed by atoms with E-state index in [0.717, 1.165) is 0 Å². The van der Waals surface area contributed by atoms with Crippen molar-refractivity contribution in [3.05, 3.63) is 42.0 Å². The lowest BCUT2D eigenvalue weighted by Crippen LogP contribution is -2.20. The van der Waals surface area contributed by atoms with E-state index in [1.54, 1.807) is 0 Å². The number of carbonyl (C=O) groups is 2. The summed E-state index contributed by atoms with van der Waals surface area (Å²) in [7, 11) is 2.71. The first-order chi connectivity index (χ1) is 13.3. The summed E-state index contributed by atoms with van der Waals surface area (Å²) < 4.78 is 44.3. The van der Waals surface area contributed by atoms with E-state index in [4.69, 9.17) is 19.9 Å². The zero-order valence-corrected chi connectivity index (χ0v) is 15.0. The second kappa shape index (κ2) is 9.40. The molecule has 28 heavy (non-hydrogen) atoms. The van der Waals surface area contributed by atoms with Gasteiger partial charge in [0.25, 0.3) is 11.8 Å². The number of carbonyl (C=O) groups excluding carboxylic acids is 2. The Bertz CT molecular complexity index is 817. The van der Waals surface area contributed by atoms with Gasteiger partial charge in [0.15, 0.2) is 18.1 Å². The summed E-state index contributed by atoms with van der Waals surface area (Å²) in [5.74, 6) is -0.801. The summed E-state index contributed by atoms with van der Waals surface area (Å²) in [5, 5.41) is 2.60. The average Bonchev–Trinajstić information content (AvgIpc) is 2.66. The number of methoxy groups -OCH3 is 2. The number of primary amides is 1. The van der Waals surface area contributed by atoms with Crippen molar-refractivity contribution in [3.8, 4) is 23.0 Å². The Balaban J connectivity index is 2.21. The highest BCUT2D eigenvalue weighted by Gasteiger charge is 2.18. The highest BCUT2D eigenvalue weighted by molar-refractivity contribution is 6.05. The van der Waals surface area contributed by atoms with Crippen LogP contribution in [0.15, 0.2) is 36.4 Å². The van der Waals surface area contributed by atoms with Gasteiger partial charge in [-0.25, -0.2) is 0 Å². The monoisotopic (exact) mass is 396 g/mol. The number of alkyl halides is 2. The van der Waals surface area contributed by atoms with E-state index in [1.165, 1.54) is 50.6 Å². The van der Waals surface area contributed by atoms with E-state index in [9.17, 15) is 18.4 Å². The van der Waals surface area contributed by atoms with Crippen molar-refractivity contribution in [2.45, 2.75) is 6.61 Å². The topological polar surface area (TPSA) is 109 Å². The molecule has 10 heteroatoms. The van der Waals surface area contributed by atoms with Crippen LogP contribution in [0.3, 0.4) is 0 Å². The summed E-state index contributed by atoms with van der Waals surface area (Å²) in [6.45, 7) is -3.33. The molecule has 0 unspecified atom stereocenters. The number of halogens is 2. The van der Waals surface area contributed by atoms with Gasteiger partial charge < -0.3 is 30.0 Å². The zero-order chi connectivity index (χ0) is 20.7. The van der Waals surface area contributed by atoms with Gasteiger partial charge in [-0.3, -0.25) is 9.59 Å². The largest absolute Gasteiger partial charge is 0.493 e. The SMILES string of the molecule is COc1cc(C(=O)Nc2ccc(OC(F)F)cc2)cc(OC)c1OCC(N)=O. The van der Waals surface area contributed by atoms with Gasteiger partial charge in [0, 0.05) is 11.3 Å². The molecule has 0 fully saturated rings. The fourth-order valence-corrected chi connectivity index (χ4v) is 2.22. The third-order valence-corrected chi connectivity index (χ3v) is 3.42. The molecule has 0 heterocycles. The Labute approximate surface area is 159 Å². The lowest BCUT2D eigenvalue weighted by Gasteiger charge is -2.15. The molecule has 2 aromatic rings. The molecule has 0 aromatic heterocycles. The standard InChI is InChI=1S/C18H18F2N2O6/c1-25-13-7-10(8-14(26-2)16(13)27-9-15(21)23)17(24)22-11-3-5-12(6-4-11)28-18(19)20/h3-8,18H,9H2,1-2H3,(H2,21,23)(H,22,24). The number of rotatable bonds is 9. The van der Waals surface area contributed by atoms with Gasteiger partial charge in [0.2, 0.25) is 5.75 Å². The maximum absolute atomic E-state index is 12.5. The van der Waals surface area contributed by atoms with Gasteiger partial charge >= 0.3 is 6.61 Å². The van der Waals surface area contributed by atoms with Crippen molar-refractivity contribution >= 4 is 17.5 Å². The predicted octanol–water partition coefficient (Wildman–Crippen LogP) is 2.42. The summed E-state index contributed by atoms with van der Waals surface area (Å²) >= 11 is 0. The number of hydrogen-bond donors (Lipinski definition) is 2. The van der Waals surface area contributed by atoms with Gasteiger partial charge in [-0.2, -0.15) is 8.78 Å². The molecule has 0 aliphatic carbocycles. The molecule has 8 nitrogen and oxygen atoms in total. The van der Waals surface area contributed by atoms with Crippen LogP contribution in [0.1, 0.15) is 10.4 Å². The number of nitrogens with two attached hydrogens (primary N) is 1. The van der Waals surface area contributed by atoms with Crippen molar-refractivity contribution in [3.63, 3.8) is 0 Å². The molecule has 3 N–H and O–H groups in total. The number of benzene rings is 2. The van der Waals surface area contributed by atoms with Gasteiger partial charge in [-0.1, -0.05) is 0 Å². The second-order valence-corrected chi connectivity index (χ2v) is 5.32. The first kappa shape index (κ1) is 20.7. The van der Waals surface area contributed by atoms with E-state index in [0.29, 0.717) is 5.69 Å². The molecule has 2 amide bonds. The number of nitrogens with one attached hydrogen (secondary N) is 1. The molecule has 0 bridgehead atoms. The maximum atomic E-state index is 12.5. The molecular formula is C18H18F2N2O6. The van der Waals surface area contributed by atoms with Crippen molar-refractivity contribution in [1.82, 2.24) is 0 Å². The minimum Gasteiger partial charge on any atom is -0.493 e. The fraction of sp³-hybridized carbons (Fsp3) is 0.222. The number of anilines is 1. The van der Waals surface area contributed by atoms with Gasteiger partial charge in [0.1, 0.15) is 5.75 Å². The van der Waals surface area contributed by atoms with E-state index in [2.05, 4.69) is 10.1 Å². The minimum absolute atomic E-state index is 0.0349. The molecule has 0 atom stereocenters. The molecule has 0 radical (unpaired) electrons. The maximum Gasteiger partial charge on any atom is 0.387 e. The van der Waals surface area contributed by atoms with E-state index < -0.39 is 25.0 Å². The second-order valence-electron chi connectivity index (χ2n) is 5.32. The van der Waals surface area contributed by atoms with Crippen LogP contribution < -0.4 is 30.0 Å². The quantitative estimate of drug-likeness (QED) is 0.674. The fourth-order valence-electron chi connectivity index (χ4n) is 2.22. The Morgan fingerprint density at radius 1 is 1.07 bits per heavy atom. The van der Waals surface area contributed by atoms with E-state index in [1.807, 2.05) is 0 Å². The summed E-state index contributed by atoms with van der Waals surface area (Å²) in [6.07, 6.45) is 0. The van der Waals surface area contributed by atoms with Gasteiger partial charge in [0.05, 0.1) is 14.2 Å². The van der Waals surface area contributed by atoms with Crippen LogP contribution in [0.2, 0.25) is 0 Å². The minimum atomic E-state index is -2.93. The lowest BCUT2D eigenvalue weighted by molar-refractivity contribution is -0.120. The summed E-state index contributed by atoms with van der Waals surface area (Å²) in [5.41, 5.74) is 5.60. The molecule has 2 aromatic carbocycles. The molecule has 150 valence electrons. The third kappa shape index (κ3) is 5.47. The smallest absolute Gasteiger partial charge is 0.387 e. The van der Waals surface area contributed by atoms with Crippen LogP contribution in [0.5, 0.6) is 23.0 Å². The van der Waals surface area contributed by atoms with Crippen LogP contribution in [0.25, 0.3) is 0 Å². The predicted molar refractivity (Wildman–Crippen MR) is 95.3 cm³/mol. The van der Waals surface area contributed by atoms with Crippen molar-refractivity contribution in [2.24, 2.45) is 5.73 Å². The Morgan fingerprint density at radius 2 is 1.64 bits per heavy atom. The molecule has 0 saturated carbocycles. The molecule has 2 rings (SSSR count). The molecule has 0 aliphatic heterocycles. The van der Waals surface area contributed by atoms with Gasteiger partial charge in [-0.15, -0.1) is 0 Å². The number of amides is 2. The van der Waals surface area contributed by atoms with Crippen molar-refractivity contribution in [1.29, 1.82) is 0 Å².